The Bertz CT molecular complexity index is 817. The molecule has 0 aliphatic heterocycles. The van der Waals surface area contributed by atoms with E-state index in [0.29, 0.717) is 21.6 Å². The summed E-state index contributed by atoms with van der Waals surface area (Å²) in [4.78, 5) is 17.1. The lowest BCUT2D eigenvalue weighted by Crippen LogP contribution is -2.05. The van der Waals surface area contributed by atoms with Crippen LogP contribution in [0.1, 0.15) is 16.2 Å². The number of rotatable bonds is 5. The monoisotopic (exact) mass is 394 g/mol. The van der Waals surface area contributed by atoms with Crippen molar-refractivity contribution in [1.29, 1.82) is 0 Å². The van der Waals surface area contributed by atoms with Crippen LogP contribution in [-0.4, -0.2) is 23.2 Å². The van der Waals surface area contributed by atoms with Gasteiger partial charge < -0.3 is 14.0 Å². The molecule has 8 heteroatoms. The number of methoxy groups -OCH3 is 1. The van der Waals surface area contributed by atoms with Crippen LogP contribution in [0.15, 0.2) is 44.7 Å². The third kappa shape index (κ3) is 3.59. The van der Waals surface area contributed by atoms with Gasteiger partial charge in [0.1, 0.15) is 5.75 Å². The maximum atomic E-state index is 12.0. The van der Waals surface area contributed by atoms with Crippen LogP contribution in [-0.2, 0) is 11.3 Å². The van der Waals surface area contributed by atoms with E-state index in [2.05, 4.69) is 26.1 Å². The number of hydrogen-bond acceptors (Lipinski definition) is 7. The van der Waals surface area contributed by atoms with Crippen molar-refractivity contribution >= 4 is 33.2 Å². The highest BCUT2D eigenvalue weighted by molar-refractivity contribution is 9.10. The fourth-order valence-electron chi connectivity index (χ4n) is 1.82. The number of esters is 1. The fraction of sp³-hybridized carbons (Fsp3) is 0.133. The fourth-order valence-corrected chi connectivity index (χ4v) is 3.01. The average Bonchev–Trinajstić information content (AvgIpc) is 3.23. The van der Waals surface area contributed by atoms with Crippen LogP contribution < -0.4 is 4.74 Å². The molecule has 0 radical (unpaired) electrons. The Labute approximate surface area is 144 Å². The molecule has 2 heterocycles. The second-order valence-electron chi connectivity index (χ2n) is 4.41. The van der Waals surface area contributed by atoms with E-state index in [9.17, 15) is 4.79 Å². The average molecular weight is 395 g/mol. The minimum absolute atomic E-state index is 0.0825. The number of aromatic nitrogens is 2. The standard InChI is InChI=1S/C15H11BrN2O4S/c1-20-11-5-4-9(7-10(11)16)15(19)21-8-13-17-14(18-22-13)12-3-2-6-23-12/h2-7H,8H2,1H3. The van der Waals surface area contributed by atoms with Gasteiger partial charge in [0, 0.05) is 0 Å². The van der Waals surface area contributed by atoms with Crippen LogP contribution >= 0.6 is 27.3 Å². The second kappa shape index (κ2) is 6.93. The molecule has 0 saturated heterocycles. The van der Waals surface area contributed by atoms with Gasteiger partial charge in [-0.15, -0.1) is 11.3 Å². The quantitative estimate of drug-likeness (QED) is 0.610. The molecule has 3 rings (SSSR count). The minimum atomic E-state index is -0.482. The predicted octanol–water partition coefficient (Wildman–Crippen LogP) is 3.93. The summed E-state index contributed by atoms with van der Waals surface area (Å²) in [5, 5.41) is 5.78. The third-order valence-electron chi connectivity index (χ3n) is 2.92. The molecular weight excluding hydrogens is 384 g/mol. The lowest BCUT2D eigenvalue weighted by molar-refractivity contribution is 0.0429. The molecule has 0 aliphatic rings. The molecule has 1 aromatic carbocycles. The van der Waals surface area contributed by atoms with E-state index in [0.717, 1.165) is 4.88 Å². The molecule has 23 heavy (non-hydrogen) atoms. The number of ether oxygens (including phenoxy) is 2. The normalized spacial score (nSPS) is 10.5. The van der Waals surface area contributed by atoms with E-state index < -0.39 is 5.97 Å². The molecular formula is C15H11BrN2O4S. The zero-order valence-corrected chi connectivity index (χ0v) is 14.4. The molecule has 118 valence electrons. The zero-order chi connectivity index (χ0) is 16.2. The molecule has 0 saturated carbocycles. The third-order valence-corrected chi connectivity index (χ3v) is 4.41. The van der Waals surface area contributed by atoms with Crippen molar-refractivity contribution in [3.05, 3.63) is 51.6 Å². The molecule has 0 amide bonds. The van der Waals surface area contributed by atoms with E-state index in [4.69, 9.17) is 14.0 Å². The first-order valence-electron chi connectivity index (χ1n) is 6.54. The van der Waals surface area contributed by atoms with Gasteiger partial charge in [-0.1, -0.05) is 11.2 Å². The number of benzene rings is 1. The number of carbonyl (C=O) groups excluding carboxylic acids is 1. The van der Waals surface area contributed by atoms with Crippen molar-refractivity contribution in [2.45, 2.75) is 6.61 Å². The lowest BCUT2D eigenvalue weighted by Gasteiger charge is -2.05. The summed E-state index contributed by atoms with van der Waals surface area (Å²) in [6, 6.07) is 8.73. The zero-order valence-electron chi connectivity index (χ0n) is 12.0. The first-order chi connectivity index (χ1) is 11.2. The van der Waals surface area contributed by atoms with Crippen LogP contribution in [0.5, 0.6) is 5.75 Å². The second-order valence-corrected chi connectivity index (χ2v) is 6.22. The Kier molecular flexibility index (Phi) is 4.73. The largest absolute Gasteiger partial charge is 0.496 e. The van der Waals surface area contributed by atoms with E-state index in [-0.39, 0.29) is 12.5 Å². The van der Waals surface area contributed by atoms with Gasteiger partial charge in [0.15, 0.2) is 6.61 Å². The smallest absolute Gasteiger partial charge is 0.338 e. The molecule has 0 N–H and O–H groups in total. The Morgan fingerprint density at radius 1 is 1.39 bits per heavy atom. The number of hydrogen-bond donors (Lipinski definition) is 0. The number of thiophene rings is 1. The van der Waals surface area contributed by atoms with E-state index in [1.807, 2.05) is 17.5 Å². The van der Waals surface area contributed by atoms with E-state index in [1.165, 1.54) is 11.3 Å². The number of carbonyl (C=O) groups is 1. The summed E-state index contributed by atoms with van der Waals surface area (Å²) < 4.78 is 16.0. The summed E-state index contributed by atoms with van der Waals surface area (Å²) in [7, 11) is 1.55. The van der Waals surface area contributed by atoms with E-state index in [1.54, 1.807) is 25.3 Å². The van der Waals surface area contributed by atoms with Gasteiger partial charge in [0.25, 0.3) is 5.89 Å². The summed E-state index contributed by atoms with van der Waals surface area (Å²) >= 11 is 4.83. The minimum Gasteiger partial charge on any atom is -0.496 e. The Balaban J connectivity index is 1.64. The maximum absolute atomic E-state index is 12.0. The molecule has 2 aromatic heterocycles. The van der Waals surface area contributed by atoms with Crippen LogP contribution in [0.3, 0.4) is 0 Å². The van der Waals surface area contributed by atoms with Gasteiger partial charge in [-0.25, -0.2) is 4.79 Å². The van der Waals surface area contributed by atoms with Gasteiger partial charge in [-0.2, -0.15) is 4.98 Å². The Hall–Kier alpha value is -2.19. The topological polar surface area (TPSA) is 74.5 Å². The lowest BCUT2D eigenvalue weighted by atomic mass is 10.2. The highest BCUT2D eigenvalue weighted by Crippen LogP contribution is 2.26. The summed E-state index contributed by atoms with van der Waals surface area (Å²) in [6.07, 6.45) is 0. The molecule has 0 fully saturated rings. The van der Waals surface area contributed by atoms with Gasteiger partial charge in [0.2, 0.25) is 5.82 Å². The molecule has 6 nitrogen and oxygen atoms in total. The van der Waals surface area contributed by atoms with E-state index >= 15 is 0 Å². The van der Waals surface area contributed by atoms with Gasteiger partial charge in [-0.05, 0) is 45.6 Å². The SMILES string of the molecule is COc1ccc(C(=O)OCc2nc(-c3cccs3)no2)cc1Br. The van der Waals surface area contributed by atoms with Crippen molar-refractivity contribution < 1.29 is 18.8 Å². The summed E-state index contributed by atoms with van der Waals surface area (Å²) in [5.41, 5.74) is 0.399. The molecule has 0 bridgehead atoms. The van der Waals surface area contributed by atoms with Crippen LogP contribution in [0.25, 0.3) is 10.7 Å². The van der Waals surface area contributed by atoms with Crippen LogP contribution in [0, 0.1) is 0 Å². The first-order valence-corrected chi connectivity index (χ1v) is 8.22. The number of nitrogens with zero attached hydrogens (tertiary/aromatic N) is 2. The molecule has 3 aromatic rings. The van der Waals surface area contributed by atoms with Crippen molar-refractivity contribution in [2.24, 2.45) is 0 Å². The predicted molar refractivity (Wildman–Crippen MR) is 87.4 cm³/mol. The Morgan fingerprint density at radius 3 is 2.96 bits per heavy atom. The summed E-state index contributed by atoms with van der Waals surface area (Å²) in [6.45, 7) is -0.0825. The van der Waals surface area contributed by atoms with Crippen molar-refractivity contribution in [3.8, 4) is 16.5 Å². The number of halogens is 1. The molecule has 0 spiro atoms. The highest BCUT2D eigenvalue weighted by Gasteiger charge is 2.14. The highest BCUT2D eigenvalue weighted by atomic mass is 79.9. The molecule has 0 unspecified atom stereocenters. The van der Waals surface area contributed by atoms with Gasteiger partial charge in [-0.3, -0.25) is 0 Å². The van der Waals surface area contributed by atoms with Gasteiger partial charge in [0.05, 0.1) is 22.0 Å². The van der Waals surface area contributed by atoms with Crippen molar-refractivity contribution in [3.63, 3.8) is 0 Å². The Morgan fingerprint density at radius 2 is 2.26 bits per heavy atom. The molecule has 0 atom stereocenters. The van der Waals surface area contributed by atoms with Gasteiger partial charge >= 0.3 is 5.97 Å². The van der Waals surface area contributed by atoms with Crippen LogP contribution in [0.2, 0.25) is 0 Å². The maximum Gasteiger partial charge on any atom is 0.338 e. The van der Waals surface area contributed by atoms with Crippen LogP contribution in [0.4, 0.5) is 0 Å². The van der Waals surface area contributed by atoms with Crippen molar-refractivity contribution in [2.75, 3.05) is 7.11 Å². The first kappa shape index (κ1) is 15.7. The summed E-state index contributed by atoms with van der Waals surface area (Å²) in [5.74, 6) is 0.885. The van der Waals surface area contributed by atoms with Crippen molar-refractivity contribution in [1.82, 2.24) is 10.1 Å². The molecule has 0 aliphatic carbocycles.